The van der Waals surface area contributed by atoms with Crippen LogP contribution in [0.5, 0.6) is 0 Å². The van der Waals surface area contributed by atoms with Gasteiger partial charge in [-0.3, -0.25) is 4.68 Å². The van der Waals surface area contributed by atoms with Crippen molar-refractivity contribution in [2.45, 2.75) is 58.2 Å². The van der Waals surface area contributed by atoms with E-state index < -0.39 is 5.60 Å². The highest BCUT2D eigenvalue weighted by atomic mass is 16.6. The van der Waals surface area contributed by atoms with Gasteiger partial charge in [-0.15, -0.1) is 0 Å². The van der Waals surface area contributed by atoms with Crippen LogP contribution in [0.3, 0.4) is 0 Å². The summed E-state index contributed by atoms with van der Waals surface area (Å²) in [4.78, 5) is 12.2. The molecule has 5 heteroatoms. The van der Waals surface area contributed by atoms with Gasteiger partial charge in [-0.25, -0.2) is 4.79 Å². The molecule has 0 saturated heterocycles. The van der Waals surface area contributed by atoms with Crippen LogP contribution in [0, 0.1) is 0 Å². The van der Waals surface area contributed by atoms with Gasteiger partial charge in [-0.1, -0.05) is 30.3 Å². The Balaban J connectivity index is 1.79. The highest BCUT2D eigenvalue weighted by Gasteiger charge is 2.28. The molecule has 5 nitrogen and oxygen atoms in total. The highest BCUT2D eigenvalue weighted by Crippen LogP contribution is 2.30. The second kappa shape index (κ2) is 6.67. The molecule has 0 aliphatic heterocycles. The number of rotatable bonds is 3. The average Bonchev–Trinajstić information content (AvgIpc) is 2.90. The summed E-state index contributed by atoms with van der Waals surface area (Å²) in [5.74, 6) is 0. The smallest absolute Gasteiger partial charge is 0.408 e. The van der Waals surface area contributed by atoms with E-state index >= 15 is 0 Å². The summed E-state index contributed by atoms with van der Waals surface area (Å²) in [7, 11) is 0. The summed E-state index contributed by atoms with van der Waals surface area (Å²) in [6, 6.07) is 10.2. The standard InChI is InChI=1S/C19H25N3O2/c1-19(2,3)24-18(23)21-16-11-7-10-15-12-20-22(17(15)16)13-14-8-5-4-6-9-14/h4-6,8-9,12,16H,7,10-11,13H2,1-3H3,(H,21,23). The third-order valence-corrected chi connectivity index (χ3v) is 4.10. The molecule has 1 aromatic carbocycles. The Morgan fingerprint density at radius 1 is 1.33 bits per heavy atom. The number of nitrogens with one attached hydrogen (secondary N) is 1. The number of hydrogen-bond donors (Lipinski definition) is 1. The van der Waals surface area contributed by atoms with Gasteiger partial charge in [-0.05, 0) is 51.2 Å². The van der Waals surface area contributed by atoms with Gasteiger partial charge in [0, 0.05) is 0 Å². The first-order chi connectivity index (χ1) is 11.4. The predicted molar refractivity (Wildman–Crippen MR) is 92.8 cm³/mol. The Hall–Kier alpha value is -2.30. The molecule has 0 saturated carbocycles. The Morgan fingerprint density at radius 3 is 2.79 bits per heavy atom. The van der Waals surface area contributed by atoms with Gasteiger partial charge in [0.2, 0.25) is 0 Å². The molecule has 1 N–H and O–H groups in total. The number of alkyl carbamates (subject to hydrolysis) is 1. The summed E-state index contributed by atoms with van der Waals surface area (Å²) in [5, 5.41) is 7.57. The van der Waals surface area contributed by atoms with Crippen molar-refractivity contribution < 1.29 is 9.53 Å². The molecule has 1 heterocycles. The summed E-state index contributed by atoms with van der Waals surface area (Å²) < 4.78 is 7.42. The monoisotopic (exact) mass is 327 g/mol. The van der Waals surface area contributed by atoms with Crippen molar-refractivity contribution in [3.8, 4) is 0 Å². The Bertz CT molecular complexity index is 701. The van der Waals surface area contributed by atoms with E-state index in [4.69, 9.17) is 4.74 Å². The third-order valence-electron chi connectivity index (χ3n) is 4.10. The molecular formula is C19H25N3O2. The number of nitrogens with zero attached hydrogens (tertiary/aromatic N) is 2. The third kappa shape index (κ3) is 3.96. The molecule has 0 bridgehead atoms. The normalized spacial score (nSPS) is 17.2. The van der Waals surface area contributed by atoms with Crippen LogP contribution >= 0.6 is 0 Å². The molecule has 1 aromatic heterocycles. The van der Waals surface area contributed by atoms with Gasteiger partial charge in [0.15, 0.2) is 0 Å². The maximum Gasteiger partial charge on any atom is 0.408 e. The molecule has 0 spiro atoms. The van der Waals surface area contributed by atoms with E-state index in [0.717, 1.165) is 25.0 Å². The molecule has 3 rings (SSSR count). The number of aryl methyl sites for hydroxylation is 1. The zero-order valence-corrected chi connectivity index (χ0v) is 14.6. The fraction of sp³-hybridized carbons (Fsp3) is 0.474. The number of aromatic nitrogens is 2. The number of carbonyl (C=O) groups is 1. The van der Waals surface area contributed by atoms with E-state index in [1.165, 1.54) is 11.1 Å². The van der Waals surface area contributed by atoms with Crippen molar-refractivity contribution in [3.63, 3.8) is 0 Å². The number of fused-ring (bicyclic) bond motifs is 1. The van der Waals surface area contributed by atoms with Gasteiger partial charge in [0.25, 0.3) is 0 Å². The van der Waals surface area contributed by atoms with Crippen LogP contribution < -0.4 is 5.32 Å². The zero-order chi connectivity index (χ0) is 17.2. The maximum atomic E-state index is 12.2. The first-order valence-corrected chi connectivity index (χ1v) is 8.50. The van der Waals surface area contributed by atoms with E-state index in [2.05, 4.69) is 22.5 Å². The van der Waals surface area contributed by atoms with Gasteiger partial charge in [-0.2, -0.15) is 5.10 Å². The molecule has 1 unspecified atom stereocenters. The highest BCUT2D eigenvalue weighted by molar-refractivity contribution is 5.68. The molecule has 1 atom stereocenters. The van der Waals surface area contributed by atoms with Crippen molar-refractivity contribution in [1.82, 2.24) is 15.1 Å². The van der Waals surface area contributed by atoms with Crippen molar-refractivity contribution in [2.75, 3.05) is 0 Å². The SMILES string of the molecule is CC(C)(C)OC(=O)NC1CCCc2cnn(Cc3ccccc3)c21. The van der Waals surface area contributed by atoms with Crippen LogP contribution in [0.4, 0.5) is 4.79 Å². The molecule has 0 radical (unpaired) electrons. The van der Waals surface area contributed by atoms with Crippen LogP contribution in [0.1, 0.15) is 56.5 Å². The molecular weight excluding hydrogens is 302 g/mol. The molecule has 24 heavy (non-hydrogen) atoms. The molecule has 2 aromatic rings. The summed E-state index contributed by atoms with van der Waals surface area (Å²) in [6.07, 6.45) is 4.53. The van der Waals surface area contributed by atoms with E-state index in [-0.39, 0.29) is 12.1 Å². The Morgan fingerprint density at radius 2 is 2.08 bits per heavy atom. The van der Waals surface area contributed by atoms with Crippen LogP contribution in [0.15, 0.2) is 36.5 Å². The number of amides is 1. The van der Waals surface area contributed by atoms with Crippen LogP contribution in [-0.4, -0.2) is 21.5 Å². The van der Waals surface area contributed by atoms with E-state index in [9.17, 15) is 4.79 Å². The largest absolute Gasteiger partial charge is 0.444 e. The zero-order valence-electron chi connectivity index (χ0n) is 14.6. The lowest BCUT2D eigenvalue weighted by Gasteiger charge is -2.27. The van der Waals surface area contributed by atoms with E-state index in [0.29, 0.717) is 6.54 Å². The minimum Gasteiger partial charge on any atom is -0.444 e. The lowest BCUT2D eigenvalue weighted by molar-refractivity contribution is 0.0496. The summed E-state index contributed by atoms with van der Waals surface area (Å²) >= 11 is 0. The summed E-state index contributed by atoms with van der Waals surface area (Å²) in [5.41, 5.74) is 3.03. The minimum atomic E-state index is -0.494. The van der Waals surface area contributed by atoms with E-state index in [1.54, 1.807) is 0 Å². The lowest BCUT2D eigenvalue weighted by Crippen LogP contribution is -2.37. The number of ether oxygens (including phenoxy) is 1. The molecule has 1 aliphatic carbocycles. The second-order valence-electron chi connectivity index (χ2n) is 7.29. The lowest BCUT2D eigenvalue weighted by atomic mass is 9.93. The van der Waals surface area contributed by atoms with Gasteiger partial charge >= 0.3 is 6.09 Å². The first-order valence-electron chi connectivity index (χ1n) is 8.50. The number of benzene rings is 1. The number of carbonyl (C=O) groups excluding carboxylic acids is 1. The minimum absolute atomic E-state index is 0.0465. The van der Waals surface area contributed by atoms with Crippen LogP contribution in [0.2, 0.25) is 0 Å². The van der Waals surface area contributed by atoms with E-state index in [1.807, 2.05) is 49.8 Å². The molecule has 1 aliphatic rings. The molecule has 1 amide bonds. The van der Waals surface area contributed by atoms with Gasteiger partial charge in [0.1, 0.15) is 5.60 Å². The second-order valence-corrected chi connectivity index (χ2v) is 7.29. The topological polar surface area (TPSA) is 56.1 Å². The molecule has 0 fully saturated rings. The van der Waals surface area contributed by atoms with Crippen molar-refractivity contribution in [1.29, 1.82) is 0 Å². The Labute approximate surface area is 143 Å². The fourth-order valence-electron chi connectivity index (χ4n) is 3.14. The van der Waals surface area contributed by atoms with Crippen molar-refractivity contribution in [2.24, 2.45) is 0 Å². The Kier molecular flexibility index (Phi) is 4.60. The maximum absolute atomic E-state index is 12.2. The fourth-order valence-corrected chi connectivity index (χ4v) is 3.14. The number of hydrogen-bond acceptors (Lipinski definition) is 3. The van der Waals surface area contributed by atoms with Gasteiger partial charge in [0.05, 0.1) is 24.5 Å². The van der Waals surface area contributed by atoms with Crippen LogP contribution in [0.25, 0.3) is 0 Å². The average molecular weight is 327 g/mol. The van der Waals surface area contributed by atoms with Crippen molar-refractivity contribution >= 4 is 6.09 Å². The molecule has 128 valence electrons. The van der Waals surface area contributed by atoms with Crippen molar-refractivity contribution in [3.05, 3.63) is 53.3 Å². The quantitative estimate of drug-likeness (QED) is 0.932. The van der Waals surface area contributed by atoms with Crippen LogP contribution in [-0.2, 0) is 17.7 Å². The summed E-state index contributed by atoms with van der Waals surface area (Å²) in [6.45, 7) is 6.33. The first kappa shape index (κ1) is 16.6. The predicted octanol–water partition coefficient (Wildman–Crippen LogP) is 3.83. The van der Waals surface area contributed by atoms with Gasteiger partial charge < -0.3 is 10.1 Å².